The molecule has 0 spiro atoms. The number of benzene rings is 2. The molecule has 0 aliphatic carbocycles. The van der Waals surface area contributed by atoms with Crippen LogP contribution in [0.15, 0.2) is 72.4 Å². The van der Waals surface area contributed by atoms with Gasteiger partial charge in [-0.3, -0.25) is 9.59 Å². The molecule has 4 N–H and O–H groups in total. The maximum Gasteiger partial charge on any atom is 0.243 e. The van der Waals surface area contributed by atoms with Crippen LogP contribution >= 0.6 is 11.3 Å². The van der Waals surface area contributed by atoms with E-state index >= 15 is 0 Å². The summed E-state index contributed by atoms with van der Waals surface area (Å²) in [5.74, 6) is -0.00819. The Labute approximate surface area is 321 Å². The number of fused-ring (bicyclic) bond motifs is 1. The van der Waals surface area contributed by atoms with E-state index in [0.29, 0.717) is 12.4 Å². The monoisotopic (exact) mass is 748 g/mol. The summed E-state index contributed by atoms with van der Waals surface area (Å²) in [5, 5.41) is 18.6. The number of carbonyl (C=O) groups excluding carboxylic acids is 2. The van der Waals surface area contributed by atoms with Gasteiger partial charge in [0.2, 0.25) is 17.8 Å². The number of H-pyrrole nitrogens is 1. The number of aliphatic hydroxyl groups is 1. The van der Waals surface area contributed by atoms with E-state index in [-0.39, 0.29) is 48.2 Å². The first kappa shape index (κ1) is 37.7. The number of anilines is 1. The van der Waals surface area contributed by atoms with Gasteiger partial charge in [-0.05, 0) is 80.9 Å². The third-order valence-corrected chi connectivity index (χ3v) is 12.0. The Bertz CT molecular complexity index is 2040. The number of aromatic amines is 1. The second kappa shape index (κ2) is 16.0. The number of nitrogens with one attached hydrogen (secondary N) is 3. The van der Waals surface area contributed by atoms with Gasteiger partial charge in [0, 0.05) is 48.6 Å². The number of piperidine rings is 1. The van der Waals surface area contributed by atoms with Crippen molar-refractivity contribution in [1.82, 2.24) is 35.1 Å². The number of para-hydroxylation sites is 1. The highest BCUT2D eigenvalue weighted by Crippen LogP contribution is 2.34. The molecule has 2 fully saturated rings. The largest absolute Gasteiger partial charge is 0.391 e. The first-order valence-electron chi connectivity index (χ1n) is 19.1. The summed E-state index contributed by atoms with van der Waals surface area (Å²) in [6.07, 6.45) is 3.98. The van der Waals surface area contributed by atoms with E-state index in [1.165, 1.54) is 0 Å². The van der Waals surface area contributed by atoms with Gasteiger partial charge in [0.1, 0.15) is 6.04 Å². The lowest BCUT2D eigenvalue weighted by atomic mass is 9.77. The highest BCUT2D eigenvalue weighted by atomic mass is 32.1. The van der Waals surface area contributed by atoms with Crippen LogP contribution in [0.1, 0.15) is 70.7 Å². The molecule has 5 aromatic rings. The Hall–Kier alpha value is -4.65. The molecule has 7 rings (SSSR count). The fraction of sp³-hybridized carbons (Fsp3) is 0.452. The quantitative estimate of drug-likeness (QED) is 0.115. The topological polar surface area (TPSA) is 139 Å². The maximum atomic E-state index is 14.4. The summed E-state index contributed by atoms with van der Waals surface area (Å²) in [5.41, 5.74) is 7.45. The van der Waals surface area contributed by atoms with Crippen LogP contribution in [0.4, 0.5) is 5.95 Å². The van der Waals surface area contributed by atoms with Crippen LogP contribution in [0.2, 0.25) is 0 Å². The summed E-state index contributed by atoms with van der Waals surface area (Å²) < 4.78 is 0. The standard InChI is InChI=1S/C42H52N8O3S/c1-26(28-12-14-29(15-13-28)38-27(2)44-25-54-38)45-39(52)37-22-32(51)24-50(37)40(53)33(42(3,4)5)17-20-49-19-8-10-31(23-49)46-41-43-18-16-35(48-41)36-21-30-9-6-7-11-34(30)47-36/h6-7,9,11-16,18,21,25-26,31-33,37,47,51H,8,10,17,19-20,22-24H2,1-5H3,(H,45,52)(H,43,46,48)/t26-,31-,32-,33+,37-/m0/s1. The second-order valence-electron chi connectivity index (χ2n) is 16.0. The van der Waals surface area contributed by atoms with Crippen LogP contribution in [0.5, 0.6) is 0 Å². The zero-order valence-corrected chi connectivity index (χ0v) is 32.7. The van der Waals surface area contributed by atoms with Crippen LogP contribution < -0.4 is 10.6 Å². The average molecular weight is 749 g/mol. The minimum atomic E-state index is -0.742. The highest BCUT2D eigenvalue weighted by Gasteiger charge is 2.44. The van der Waals surface area contributed by atoms with E-state index in [1.54, 1.807) is 22.4 Å². The Morgan fingerprint density at radius 1 is 1.07 bits per heavy atom. The van der Waals surface area contributed by atoms with E-state index in [0.717, 1.165) is 76.5 Å². The lowest BCUT2D eigenvalue weighted by Gasteiger charge is -2.38. The minimum absolute atomic E-state index is 0.0648. The fourth-order valence-corrected chi connectivity index (χ4v) is 8.80. The van der Waals surface area contributed by atoms with Crippen LogP contribution in [0.25, 0.3) is 32.7 Å². The lowest BCUT2D eigenvalue weighted by molar-refractivity contribution is -0.145. The molecule has 5 atom stereocenters. The van der Waals surface area contributed by atoms with Gasteiger partial charge in [-0.25, -0.2) is 15.0 Å². The van der Waals surface area contributed by atoms with Crippen LogP contribution in [0.3, 0.4) is 0 Å². The average Bonchev–Trinajstić information content (AvgIpc) is 3.89. The van der Waals surface area contributed by atoms with Gasteiger partial charge >= 0.3 is 0 Å². The number of carbonyl (C=O) groups is 2. The molecule has 5 heterocycles. The molecule has 0 radical (unpaired) electrons. The van der Waals surface area contributed by atoms with E-state index in [9.17, 15) is 14.7 Å². The number of aromatic nitrogens is 4. The Morgan fingerprint density at radius 2 is 1.87 bits per heavy atom. The fourth-order valence-electron chi connectivity index (χ4n) is 7.99. The van der Waals surface area contributed by atoms with Crippen molar-refractivity contribution in [3.63, 3.8) is 0 Å². The van der Waals surface area contributed by atoms with Crippen molar-refractivity contribution >= 4 is 40.0 Å². The Balaban J connectivity index is 0.961. The second-order valence-corrected chi connectivity index (χ2v) is 16.9. The molecule has 2 aliphatic rings. The Kier molecular flexibility index (Phi) is 11.1. The number of thiazole rings is 1. The third-order valence-electron chi connectivity index (χ3n) is 11.0. The van der Waals surface area contributed by atoms with E-state index in [2.05, 4.69) is 81.6 Å². The van der Waals surface area contributed by atoms with Crippen molar-refractivity contribution in [2.24, 2.45) is 11.3 Å². The molecular weight excluding hydrogens is 697 g/mol. The summed E-state index contributed by atoms with van der Waals surface area (Å²) >= 11 is 1.61. The number of hydrogen-bond donors (Lipinski definition) is 4. The molecule has 11 nitrogen and oxygen atoms in total. The number of rotatable bonds is 11. The smallest absolute Gasteiger partial charge is 0.243 e. The molecule has 12 heteroatoms. The number of nitrogens with zero attached hydrogens (tertiary/aromatic N) is 5. The maximum absolute atomic E-state index is 14.4. The molecule has 2 aromatic carbocycles. The zero-order valence-electron chi connectivity index (χ0n) is 31.9. The zero-order chi connectivity index (χ0) is 38.0. The van der Waals surface area contributed by atoms with Gasteiger partial charge in [0.05, 0.1) is 39.6 Å². The Morgan fingerprint density at radius 3 is 2.61 bits per heavy atom. The molecule has 2 amide bonds. The van der Waals surface area contributed by atoms with Gasteiger partial charge in [-0.1, -0.05) is 63.2 Å². The molecule has 284 valence electrons. The van der Waals surface area contributed by atoms with Crippen LogP contribution in [0, 0.1) is 18.3 Å². The molecule has 0 unspecified atom stereocenters. The predicted molar refractivity (Wildman–Crippen MR) is 215 cm³/mol. The van der Waals surface area contributed by atoms with E-state index in [4.69, 9.17) is 4.98 Å². The van der Waals surface area contributed by atoms with Gasteiger partial charge in [-0.15, -0.1) is 11.3 Å². The first-order valence-corrected chi connectivity index (χ1v) is 20.0. The normalized spacial score (nSPS) is 20.6. The summed E-state index contributed by atoms with van der Waals surface area (Å²) in [7, 11) is 0. The number of likely N-dealkylation sites (tertiary alicyclic amines) is 2. The molecule has 2 saturated heterocycles. The van der Waals surface area contributed by atoms with Crippen LogP contribution in [-0.4, -0.2) is 91.0 Å². The van der Waals surface area contributed by atoms with Crippen LogP contribution in [-0.2, 0) is 9.59 Å². The van der Waals surface area contributed by atoms with E-state index < -0.39 is 12.1 Å². The number of aryl methyl sites for hydroxylation is 1. The first-order chi connectivity index (χ1) is 25.9. The number of aliphatic hydroxyl groups excluding tert-OH is 1. The molecule has 54 heavy (non-hydrogen) atoms. The van der Waals surface area contributed by atoms with Crippen molar-refractivity contribution in [3.05, 3.63) is 83.6 Å². The number of β-amino-alcohol motifs (C(OH)–C–C–N with tert-alkyl or cyclic N) is 1. The van der Waals surface area contributed by atoms with Crippen molar-refractivity contribution in [2.45, 2.75) is 84.5 Å². The number of amides is 2. The number of hydrogen-bond acceptors (Lipinski definition) is 9. The molecular formula is C42H52N8O3S. The van der Waals surface area contributed by atoms with Gasteiger partial charge in [0.15, 0.2) is 0 Å². The van der Waals surface area contributed by atoms with Crippen molar-refractivity contribution in [3.8, 4) is 21.8 Å². The molecule has 3 aromatic heterocycles. The predicted octanol–water partition coefficient (Wildman–Crippen LogP) is 6.82. The lowest BCUT2D eigenvalue weighted by Crippen LogP contribution is -2.51. The SMILES string of the molecule is Cc1ncsc1-c1ccc([C@H](C)NC(=O)[C@@H]2C[C@H](O)CN2C(=O)[C@@H](CCN2CCC[C@H](Nc3nccc(-c4cc5ccccc5[nH]4)n3)C2)C(C)(C)C)cc1. The summed E-state index contributed by atoms with van der Waals surface area (Å²) in [6.45, 7) is 12.9. The van der Waals surface area contributed by atoms with Crippen molar-refractivity contribution in [1.29, 1.82) is 0 Å². The summed E-state index contributed by atoms with van der Waals surface area (Å²) in [6, 6.07) is 19.6. The van der Waals surface area contributed by atoms with Gasteiger partial charge < -0.3 is 30.5 Å². The van der Waals surface area contributed by atoms with Gasteiger partial charge in [0.25, 0.3) is 0 Å². The van der Waals surface area contributed by atoms with Crippen molar-refractivity contribution in [2.75, 3.05) is 31.5 Å². The minimum Gasteiger partial charge on any atom is -0.391 e. The summed E-state index contributed by atoms with van der Waals surface area (Å²) in [4.78, 5) is 50.5. The van der Waals surface area contributed by atoms with Crippen molar-refractivity contribution < 1.29 is 14.7 Å². The van der Waals surface area contributed by atoms with Gasteiger partial charge in [-0.2, -0.15) is 0 Å². The van der Waals surface area contributed by atoms with E-state index in [1.807, 2.05) is 49.7 Å². The highest BCUT2D eigenvalue weighted by molar-refractivity contribution is 7.13. The molecule has 0 saturated carbocycles. The molecule has 0 bridgehead atoms. The molecule has 2 aliphatic heterocycles. The third kappa shape index (κ3) is 8.51.